The van der Waals surface area contributed by atoms with E-state index in [4.69, 9.17) is 9.90 Å². The van der Waals surface area contributed by atoms with Crippen molar-refractivity contribution in [3.05, 3.63) is 114 Å². The lowest BCUT2D eigenvalue weighted by molar-refractivity contribution is -0.660. The van der Waals surface area contributed by atoms with E-state index < -0.39 is 23.5 Å². The topological polar surface area (TPSA) is 17.0 Å². The van der Waals surface area contributed by atoms with Gasteiger partial charge < -0.3 is 4.42 Å². The molecule has 4 aromatic carbocycles. The number of nitrogens with zero attached hydrogens (tertiary/aromatic N) is 1. The van der Waals surface area contributed by atoms with E-state index in [1.54, 1.807) is 23.7 Å². The van der Waals surface area contributed by atoms with Crippen LogP contribution >= 0.6 is 0 Å². The molecule has 0 radical (unpaired) electrons. The molecule has 0 aliphatic heterocycles. The molecule has 6 aromatic rings. The Morgan fingerprint density at radius 1 is 0.857 bits per heavy atom. The monoisotopic (exact) mass is 560 g/mol. The average molecular weight is 561 g/mol. The van der Waals surface area contributed by atoms with E-state index in [0.29, 0.717) is 33.6 Å². The first-order chi connectivity index (χ1) is 21.5. The van der Waals surface area contributed by atoms with Gasteiger partial charge in [0.25, 0.3) is 0 Å². The molecule has 0 spiro atoms. The minimum Gasteiger partial charge on any atom is -0.454 e. The van der Waals surface area contributed by atoms with Gasteiger partial charge in [0.1, 0.15) is 25.4 Å². The highest BCUT2D eigenvalue weighted by molar-refractivity contribution is 6.13. The molecule has 3 heteroatoms. The smallest absolute Gasteiger partial charge is 0.216 e. The quantitative estimate of drug-likeness (QED) is 0.192. The predicted molar refractivity (Wildman–Crippen MR) is 173 cm³/mol. The van der Waals surface area contributed by atoms with E-state index >= 15 is 4.39 Å². The SMILES string of the molecule is [2H]c1cc(C([2H])([2H])C(C)(C)C)cc(-c2c(C)ccc3c2oc2c(-c4ccc(-c5cccc(C([2H])(C)C)c5)cc4)c(F)ccc23)[n+]1C. The van der Waals surface area contributed by atoms with E-state index in [-0.39, 0.29) is 6.17 Å². The minimum atomic E-state index is -1.69. The van der Waals surface area contributed by atoms with Gasteiger partial charge in [0, 0.05) is 27.0 Å². The Bertz CT molecular complexity index is 2130. The van der Waals surface area contributed by atoms with Gasteiger partial charge in [-0.3, -0.25) is 0 Å². The molecule has 0 unspecified atom stereocenters. The summed E-state index contributed by atoms with van der Waals surface area (Å²) in [6.07, 6.45) is -1.51. The standard InChI is InChI=1S/C39H39FNO/c1-24(2)29-9-8-10-30(22-29)27-12-14-28(15-13-27)36-33(40)18-17-32-31-16-11-25(3)35(37(31)42-38(32)36)34-21-26(19-20-41(34)7)23-39(4,5)6/h8-22,24H,23H2,1-7H3/q+1/i20D,23D2,24D. The summed E-state index contributed by atoms with van der Waals surface area (Å²) < 4.78 is 59.0. The number of hydrogen-bond acceptors (Lipinski definition) is 1. The average Bonchev–Trinajstić information content (AvgIpc) is 3.36. The van der Waals surface area contributed by atoms with Crippen LogP contribution in [0, 0.1) is 18.2 Å². The summed E-state index contributed by atoms with van der Waals surface area (Å²) >= 11 is 0. The fourth-order valence-electron chi connectivity index (χ4n) is 5.67. The third-order valence-electron chi connectivity index (χ3n) is 7.76. The van der Waals surface area contributed by atoms with Crippen molar-refractivity contribution in [1.29, 1.82) is 0 Å². The maximum atomic E-state index is 15.7. The Hall–Kier alpha value is -4.24. The summed E-state index contributed by atoms with van der Waals surface area (Å²) in [5, 5.41) is 1.59. The lowest BCUT2D eigenvalue weighted by Gasteiger charge is -2.18. The van der Waals surface area contributed by atoms with Crippen LogP contribution in [-0.2, 0) is 13.4 Å². The molecular weight excluding hydrogens is 517 g/mol. The molecule has 0 amide bonds. The van der Waals surface area contributed by atoms with Gasteiger partial charge in [-0.1, -0.05) is 95.3 Å². The summed E-state index contributed by atoms with van der Waals surface area (Å²) in [6.45, 7) is 11.3. The van der Waals surface area contributed by atoms with Crippen LogP contribution in [0.25, 0.3) is 55.4 Å². The molecule has 0 N–H and O–H groups in total. The normalized spacial score (nSPS) is 14.1. The first kappa shape index (κ1) is 23.3. The van der Waals surface area contributed by atoms with Crippen molar-refractivity contribution in [2.75, 3.05) is 0 Å². The molecule has 6 rings (SSSR count). The number of halogens is 1. The number of aromatic nitrogens is 1. The second kappa shape index (κ2) is 10.5. The van der Waals surface area contributed by atoms with E-state index in [0.717, 1.165) is 38.6 Å². The van der Waals surface area contributed by atoms with Gasteiger partial charge in [-0.05, 0) is 70.1 Å². The molecule has 0 aliphatic rings. The van der Waals surface area contributed by atoms with Crippen molar-refractivity contribution in [3.8, 4) is 33.5 Å². The third kappa shape index (κ3) is 5.13. The van der Waals surface area contributed by atoms with Crippen LogP contribution in [0.2, 0.25) is 0 Å². The predicted octanol–water partition coefficient (Wildman–Crippen LogP) is 10.6. The fraction of sp³-hybridized carbons (Fsp3) is 0.256. The molecule has 0 bridgehead atoms. The molecule has 2 nitrogen and oxygen atoms in total. The van der Waals surface area contributed by atoms with Gasteiger partial charge >= 0.3 is 0 Å². The molecular formula is C39H39FNO+. The van der Waals surface area contributed by atoms with Crippen molar-refractivity contribution in [3.63, 3.8) is 0 Å². The van der Waals surface area contributed by atoms with Gasteiger partial charge in [0.2, 0.25) is 5.69 Å². The van der Waals surface area contributed by atoms with Gasteiger partial charge in [-0.25, -0.2) is 8.96 Å². The molecule has 0 saturated heterocycles. The van der Waals surface area contributed by atoms with Gasteiger partial charge in [-0.2, -0.15) is 0 Å². The molecule has 0 atom stereocenters. The fourth-order valence-corrected chi connectivity index (χ4v) is 5.67. The zero-order valence-corrected chi connectivity index (χ0v) is 25.3. The Balaban J connectivity index is 1.53. The van der Waals surface area contributed by atoms with Gasteiger partial charge in [0.05, 0.1) is 11.1 Å². The van der Waals surface area contributed by atoms with Crippen LogP contribution in [0.4, 0.5) is 4.39 Å². The Morgan fingerprint density at radius 3 is 2.21 bits per heavy atom. The zero-order chi connectivity index (χ0) is 33.3. The molecule has 0 aliphatic carbocycles. The highest BCUT2D eigenvalue weighted by Crippen LogP contribution is 2.42. The van der Waals surface area contributed by atoms with Crippen LogP contribution in [0.3, 0.4) is 0 Å². The number of aryl methyl sites for hydroxylation is 1. The second-order valence-electron chi connectivity index (χ2n) is 12.4. The molecule has 212 valence electrons. The van der Waals surface area contributed by atoms with Gasteiger partial charge in [-0.15, -0.1) is 0 Å². The van der Waals surface area contributed by atoms with Crippen molar-refractivity contribution in [1.82, 2.24) is 0 Å². The molecule has 2 aromatic heterocycles. The van der Waals surface area contributed by atoms with E-state index in [1.807, 2.05) is 108 Å². The third-order valence-corrected chi connectivity index (χ3v) is 7.76. The van der Waals surface area contributed by atoms with Crippen LogP contribution in [0.1, 0.15) is 62.7 Å². The van der Waals surface area contributed by atoms with E-state index in [1.165, 1.54) is 6.07 Å². The molecule has 2 heterocycles. The van der Waals surface area contributed by atoms with Gasteiger partial charge in [0.15, 0.2) is 6.17 Å². The Morgan fingerprint density at radius 2 is 1.52 bits per heavy atom. The highest BCUT2D eigenvalue weighted by Gasteiger charge is 2.24. The molecule has 0 fully saturated rings. The lowest BCUT2D eigenvalue weighted by Crippen LogP contribution is -2.31. The Labute approximate surface area is 254 Å². The highest BCUT2D eigenvalue weighted by atomic mass is 19.1. The van der Waals surface area contributed by atoms with Crippen LogP contribution in [0.5, 0.6) is 0 Å². The lowest BCUT2D eigenvalue weighted by atomic mass is 9.88. The largest absolute Gasteiger partial charge is 0.454 e. The van der Waals surface area contributed by atoms with E-state index in [2.05, 4.69) is 0 Å². The summed E-state index contributed by atoms with van der Waals surface area (Å²) in [6, 6.07) is 26.3. The summed E-state index contributed by atoms with van der Waals surface area (Å²) in [5.41, 5.74) is 6.97. The number of hydrogen-bond donors (Lipinski definition) is 0. The molecule has 42 heavy (non-hydrogen) atoms. The van der Waals surface area contributed by atoms with Crippen molar-refractivity contribution >= 4 is 21.9 Å². The zero-order valence-electron chi connectivity index (χ0n) is 29.3. The number of benzene rings is 4. The van der Waals surface area contributed by atoms with Crippen LogP contribution in [0.15, 0.2) is 95.5 Å². The van der Waals surface area contributed by atoms with Crippen molar-refractivity contribution in [2.24, 2.45) is 12.5 Å². The maximum Gasteiger partial charge on any atom is 0.216 e. The van der Waals surface area contributed by atoms with Crippen molar-refractivity contribution in [2.45, 2.75) is 53.8 Å². The number of rotatable bonds is 5. The van der Waals surface area contributed by atoms with Crippen LogP contribution < -0.4 is 4.57 Å². The number of furan rings is 1. The van der Waals surface area contributed by atoms with E-state index in [9.17, 15) is 0 Å². The summed E-state index contributed by atoms with van der Waals surface area (Å²) in [5.74, 6) is -1.11. The first-order valence-electron chi connectivity index (χ1n) is 16.4. The number of pyridine rings is 1. The first-order valence-corrected chi connectivity index (χ1v) is 14.4. The van der Waals surface area contributed by atoms with Crippen LogP contribution in [-0.4, -0.2) is 0 Å². The summed E-state index contributed by atoms with van der Waals surface area (Å²) in [4.78, 5) is 0. The summed E-state index contributed by atoms with van der Waals surface area (Å²) in [7, 11) is 1.79. The van der Waals surface area contributed by atoms with Crippen molar-refractivity contribution < 1.29 is 18.9 Å². The molecule has 0 saturated carbocycles. The maximum absolute atomic E-state index is 15.7. The Kier molecular flexibility index (Phi) is 5.86. The second-order valence-corrected chi connectivity index (χ2v) is 12.4. The number of fused-ring (bicyclic) bond motifs is 3. The minimum absolute atomic E-state index is 0.178.